The average molecular weight is 159 g/mol. The molecule has 60 valence electrons. The second-order valence-corrected chi connectivity index (χ2v) is 1.41. The third-order valence-electron chi connectivity index (χ3n) is 0.563. The summed E-state index contributed by atoms with van der Waals surface area (Å²) in [5.41, 5.74) is 4.44. The number of ether oxygens (including phenoxy) is 1. The Morgan fingerprint density at radius 3 is 2.18 bits per heavy atom. The van der Waals surface area contributed by atoms with Crippen molar-refractivity contribution in [2.45, 2.75) is 0 Å². The molecule has 11 heavy (non-hydrogen) atoms. The van der Waals surface area contributed by atoms with E-state index in [1.54, 1.807) is 0 Å². The quantitative estimate of drug-likeness (QED) is 0.313. The zero-order valence-corrected chi connectivity index (χ0v) is 5.31. The van der Waals surface area contributed by atoms with Crippen molar-refractivity contribution >= 4 is 18.0 Å². The second kappa shape index (κ2) is 4.04. The molecule has 0 aromatic carbocycles. The van der Waals surface area contributed by atoms with Crippen LogP contribution in [-0.2, 0) is 14.3 Å². The summed E-state index contributed by atoms with van der Waals surface area (Å²) < 4.78 is 3.75. The van der Waals surface area contributed by atoms with E-state index in [-0.39, 0.29) is 0 Å². The predicted molar refractivity (Wildman–Crippen MR) is 32.5 cm³/mol. The van der Waals surface area contributed by atoms with Gasteiger partial charge in [0.2, 0.25) is 0 Å². The van der Waals surface area contributed by atoms with Crippen LogP contribution in [0, 0.1) is 0 Å². The third-order valence-corrected chi connectivity index (χ3v) is 0.563. The first-order chi connectivity index (χ1) is 5.02. The first kappa shape index (κ1) is 9.15. The summed E-state index contributed by atoms with van der Waals surface area (Å²) in [5, 5.41) is 7.99. The number of carbonyl (C=O) groups excluding carboxylic acids is 2. The summed E-state index contributed by atoms with van der Waals surface area (Å²) in [6, 6.07) is 0. The largest absolute Gasteiger partial charge is 0.478 e. The number of carboxylic acids is 1. The summed E-state index contributed by atoms with van der Waals surface area (Å²) >= 11 is 0. The van der Waals surface area contributed by atoms with Crippen molar-refractivity contribution in [3.8, 4) is 0 Å². The number of rotatable bonds is 2. The molecule has 0 atom stereocenters. The van der Waals surface area contributed by atoms with Gasteiger partial charge in [-0.1, -0.05) is 0 Å². The Bertz CT molecular complexity index is 219. The van der Waals surface area contributed by atoms with Gasteiger partial charge in [-0.15, -0.1) is 0 Å². The highest BCUT2D eigenvalue weighted by molar-refractivity contribution is 5.95. The average Bonchev–Trinajstić information content (AvgIpc) is 1.82. The lowest BCUT2D eigenvalue weighted by Crippen LogP contribution is -2.16. The van der Waals surface area contributed by atoms with Gasteiger partial charge in [0.1, 0.15) is 0 Å². The van der Waals surface area contributed by atoms with Crippen molar-refractivity contribution in [2.75, 3.05) is 0 Å². The van der Waals surface area contributed by atoms with Gasteiger partial charge in [-0.2, -0.15) is 0 Å². The van der Waals surface area contributed by atoms with Crippen molar-refractivity contribution in [3.63, 3.8) is 0 Å². The molecule has 0 unspecified atom stereocenters. The molecule has 0 aliphatic rings. The molecule has 0 bridgehead atoms. The fourth-order valence-corrected chi connectivity index (χ4v) is 0.272. The molecule has 0 heterocycles. The molecule has 0 spiro atoms. The molecule has 0 aromatic rings. The Morgan fingerprint density at radius 1 is 1.27 bits per heavy atom. The van der Waals surface area contributed by atoms with Crippen LogP contribution < -0.4 is 5.73 Å². The van der Waals surface area contributed by atoms with E-state index in [1.165, 1.54) is 0 Å². The second-order valence-electron chi connectivity index (χ2n) is 1.41. The van der Waals surface area contributed by atoms with Crippen LogP contribution >= 0.6 is 0 Å². The van der Waals surface area contributed by atoms with Crippen LogP contribution in [0.3, 0.4) is 0 Å². The molecule has 0 aliphatic heterocycles. The Labute approximate surface area is 61.2 Å². The van der Waals surface area contributed by atoms with Crippen molar-refractivity contribution < 1.29 is 24.2 Å². The van der Waals surface area contributed by atoms with Crippen molar-refractivity contribution in [1.82, 2.24) is 0 Å². The van der Waals surface area contributed by atoms with Crippen molar-refractivity contribution in [3.05, 3.63) is 12.2 Å². The minimum Gasteiger partial charge on any atom is -0.478 e. The van der Waals surface area contributed by atoms with Crippen LogP contribution in [0.25, 0.3) is 0 Å². The highest BCUT2D eigenvalue weighted by Crippen LogP contribution is 1.80. The van der Waals surface area contributed by atoms with E-state index in [0.717, 1.165) is 0 Å². The number of esters is 1. The molecule has 0 aliphatic carbocycles. The topological polar surface area (TPSA) is 107 Å². The lowest BCUT2D eigenvalue weighted by Gasteiger charge is -1.90. The van der Waals surface area contributed by atoms with Crippen LogP contribution in [-0.4, -0.2) is 23.1 Å². The Balaban J connectivity index is 3.88. The molecule has 0 saturated heterocycles. The van der Waals surface area contributed by atoms with E-state index in [9.17, 15) is 14.4 Å². The molecule has 1 amide bonds. The van der Waals surface area contributed by atoms with Gasteiger partial charge in [-0.05, 0) is 0 Å². The first-order valence-corrected chi connectivity index (χ1v) is 2.44. The van der Waals surface area contributed by atoms with Crippen molar-refractivity contribution in [2.24, 2.45) is 5.73 Å². The zero-order valence-electron chi connectivity index (χ0n) is 5.31. The van der Waals surface area contributed by atoms with E-state index in [2.05, 4.69) is 10.5 Å². The maximum absolute atomic E-state index is 10.3. The summed E-state index contributed by atoms with van der Waals surface area (Å²) in [6.07, 6.45) is -0.164. The Morgan fingerprint density at radius 2 is 1.82 bits per heavy atom. The number of amides is 1. The van der Waals surface area contributed by atoms with Crippen LogP contribution in [0.15, 0.2) is 12.2 Å². The zero-order chi connectivity index (χ0) is 8.85. The standard InChI is InChI=1S/C5H5NO5/c6-5(10)11-4(9)2-1-3(7)8/h1-2H,(H2,6,10)(H,7,8)/b2-1-. The van der Waals surface area contributed by atoms with Crippen LogP contribution in [0.1, 0.15) is 0 Å². The highest BCUT2D eigenvalue weighted by atomic mass is 16.6. The minimum atomic E-state index is -1.31. The number of aliphatic carboxylic acids is 1. The molecule has 6 nitrogen and oxygen atoms in total. The molecular formula is C5H5NO5. The lowest BCUT2D eigenvalue weighted by atomic mass is 10.5. The summed E-state index contributed by atoms with van der Waals surface area (Å²) in [5.74, 6) is -2.42. The van der Waals surface area contributed by atoms with E-state index in [1.807, 2.05) is 0 Å². The number of nitrogens with two attached hydrogens (primary N) is 1. The van der Waals surface area contributed by atoms with Gasteiger partial charge in [-0.25, -0.2) is 14.4 Å². The van der Waals surface area contributed by atoms with E-state index in [4.69, 9.17) is 5.11 Å². The fraction of sp³-hybridized carbons (Fsp3) is 0. The van der Waals surface area contributed by atoms with Gasteiger partial charge in [-0.3, -0.25) is 0 Å². The molecule has 6 heteroatoms. The van der Waals surface area contributed by atoms with Crippen LogP contribution in [0.4, 0.5) is 4.79 Å². The van der Waals surface area contributed by atoms with Gasteiger partial charge in [0.25, 0.3) is 0 Å². The van der Waals surface area contributed by atoms with Gasteiger partial charge >= 0.3 is 18.0 Å². The Hall–Kier alpha value is -1.85. The molecule has 3 N–H and O–H groups in total. The summed E-state index contributed by atoms with van der Waals surface area (Å²) in [6.45, 7) is 0. The molecule has 0 radical (unpaired) electrons. The smallest absolute Gasteiger partial charge is 0.412 e. The Kier molecular flexibility index (Phi) is 3.36. The van der Waals surface area contributed by atoms with Gasteiger partial charge < -0.3 is 15.6 Å². The number of carboxylic acid groups (broad SMARTS) is 1. The number of hydrogen-bond acceptors (Lipinski definition) is 4. The van der Waals surface area contributed by atoms with Crippen molar-refractivity contribution in [1.29, 1.82) is 0 Å². The molecule has 0 fully saturated rings. The normalized spacial score (nSPS) is 9.45. The monoisotopic (exact) mass is 159 g/mol. The summed E-state index contributed by atoms with van der Waals surface area (Å²) in [7, 11) is 0. The molecular weight excluding hydrogens is 154 g/mol. The van der Waals surface area contributed by atoms with Gasteiger partial charge in [0.15, 0.2) is 0 Å². The van der Waals surface area contributed by atoms with Crippen LogP contribution in [0.2, 0.25) is 0 Å². The minimum absolute atomic E-state index is 0.533. The molecule has 0 saturated carbocycles. The first-order valence-electron chi connectivity index (χ1n) is 2.44. The van der Waals surface area contributed by atoms with E-state index < -0.39 is 18.0 Å². The van der Waals surface area contributed by atoms with E-state index >= 15 is 0 Å². The summed E-state index contributed by atoms with van der Waals surface area (Å²) in [4.78, 5) is 29.9. The maximum Gasteiger partial charge on any atom is 0.412 e. The number of primary amides is 1. The van der Waals surface area contributed by atoms with Crippen LogP contribution in [0.5, 0.6) is 0 Å². The lowest BCUT2D eigenvalue weighted by molar-refractivity contribution is -0.134. The fourth-order valence-electron chi connectivity index (χ4n) is 0.272. The van der Waals surface area contributed by atoms with Gasteiger partial charge in [0, 0.05) is 12.2 Å². The number of hydrogen-bond donors (Lipinski definition) is 2. The number of carbonyl (C=O) groups is 3. The SMILES string of the molecule is NC(=O)OC(=O)/C=C\C(=O)O. The highest BCUT2D eigenvalue weighted by Gasteiger charge is 2.01. The predicted octanol–water partition coefficient (Wildman–Crippen LogP) is -0.751. The molecule has 0 rings (SSSR count). The van der Waals surface area contributed by atoms with Gasteiger partial charge in [0.05, 0.1) is 0 Å². The van der Waals surface area contributed by atoms with E-state index in [0.29, 0.717) is 12.2 Å². The third kappa shape index (κ3) is 6.03. The maximum atomic E-state index is 10.3. The molecule has 0 aromatic heterocycles.